The van der Waals surface area contributed by atoms with E-state index in [0.717, 1.165) is 13.0 Å². The van der Waals surface area contributed by atoms with E-state index in [1.54, 1.807) is 0 Å². The van der Waals surface area contributed by atoms with E-state index in [0.29, 0.717) is 16.8 Å². The van der Waals surface area contributed by atoms with Gasteiger partial charge < -0.3 is 10.0 Å². The number of rotatable bonds is 6. The number of halogens is 1. The first-order valence-corrected chi connectivity index (χ1v) is 6.05. The van der Waals surface area contributed by atoms with Gasteiger partial charge in [0.2, 0.25) is 0 Å². The van der Waals surface area contributed by atoms with Crippen molar-refractivity contribution in [3.8, 4) is 0 Å². The summed E-state index contributed by atoms with van der Waals surface area (Å²) in [4.78, 5) is 16.0. The molecule has 7 heteroatoms. The van der Waals surface area contributed by atoms with Crippen molar-refractivity contribution in [3.63, 3.8) is 0 Å². The molecule has 0 amide bonds. The molecule has 0 saturated carbocycles. The van der Waals surface area contributed by atoms with Gasteiger partial charge in [0.1, 0.15) is 12.0 Å². The molecule has 1 heterocycles. The van der Waals surface area contributed by atoms with Gasteiger partial charge in [-0.25, -0.2) is 4.98 Å². The topological polar surface area (TPSA) is 79.5 Å². The Morgan fingerprint density at radius 2 is 2.29 bits per heavy atom. The molecule has 0 unspecified atom stereocenters. The summed E-state index contributed by atoms with van der Waals surface area (Å²) >= 11 is 3.27. The highest BCUT2D eigenvalue weighted by atomic mass is 79.9. The van der Waals surface area contributed by atoms with Gasteiger partial charge in [0.25, 0.3) is 5.69 Å². The number of aromatic nitrogens is 1. The second-order valence-electron chi connectivity index (χ2n) is 3.47. The number of nitro groups is 1. The molecule has 0 aliphatic rings. The summed E-state index contributed by atoms with van der Waals surface area (Å²) in [5.74, 6) is 0.617. The average Bonchev–Trinajstić information content (AvgIpc) is 2.28. The number of hydrogen-bond donors (Lipinski definition) is 1. The van der Waals surface area contributed by atoms with Crippen molar-refractivity contribution in [1.82, 2.24) is 4.98 Å². The Kier molecular flexibility index (Phi) is 5.30. The molecule has 0 aromatic carbocycles. The van der Waals surface area contributed by atoms with Crippen molar-refractivity contribution in [2.45, 2.75) is 13.3 Å². The lowest BCUT2D eigenvalue weighted by Crippen LogP contribution is -2.28. The molecule has 94 valence electrons. The number of anilines is 1. The highest BCUT2D eigenvalue weighted by molar-refractivity contribution is 9.10. The Labute approximate surface area is 108 Å². The van der Waals surface area contributed by atoms with Crippen LogP contribution in [0.2, 0.25) is 0 Å². The Bertz CT molecular complexity index is 394. The third-order valence-corrected chi connectivity index (χ3v) is 2.76. The first kappa shape index (κ1) is 13.9. The normalized spacial score (nSPS) is 10.3. The fraction of sp³-hybridized carbons (Fsp3) is 0.500. The lowest BCUT2D eigenvalue weighted by Gasteiger charge is -2.22. The zero-order valence-corrected chi connectivity index (χ0v) is 11.1. The van der Waals surface area contributed by atoms with Crippen LogP contribution in [0.1, 0.15) is 13.3 Å². The molecule has 0 fully saturated rings. The van der Waals surface area contributed by atoms with Crippen LogP contribution in [0.5, 0.6) is 0 Å². The standard InChI is InChI=1S/C10H14BrN3O3/c1-2-3-13(4-5-15)10-9(11)6-8(7-12-10)14(16)17/h6-7,15H,2-5H2,1H3. The highest BCUT2D eigenvalue weighted by Gasteiger charge is 2.15. The molecule has 0 saturated heterocycles. The molecule has 1 aromatic heterocycles. The summed E-state index contributed by atoms with van der Waals surface area (Å²) in [7, 11) is 0. The van der Waals surface area contributed by atoms with Crippen LogP contribution in [0, 0.1) is 10.1 Å². The molecule has 0 bridgehead atoms. The monoisotopic (exact) mass is 303 g/mol. The van der Waals surface area contributed by atoms with Crippen LogP contribution in [0.15, 0.2) is 16.7 Å². The summed E-state index contributed by atoms with van der Waals surface area (Å²) < 4.78 is 0.564. The SMILES string of the molecule is CCCN(CCO)c1ncc([N+](=O)[O-])cc1Br. The third kappa shape index (κ3) is 3.64. The molecular weight excluding hydrogens is 290 g/mol. The van der Waals surface area contributed by atoms with Gasteiger partial charge in [0.05, 0.1) is 16.0 Å². The van der Waals surface area contributed by atoms with Gasteiger partial charge in [-0.15, -0.1) is 0 Å². The Balaban J connectivity index is 2.99. The van der Waals surface area contributed by atoms with E-state index >= 15 is 0 Å². The van der Waals surface area contributed by atoms with Crippen LogP contribution in [0.25, 0.3) is 0 Å². The van der Waals surface area contributed by atoms with E-state index < -0.39 is 4.92 Å². The van der Waals surface area contributed by atoms with Crippen molar-refractivity contribution < 1.29 is 10.0 Å². The van der Waals surface area contributed by atoms with Crippen molar-refractivity contribution >= 4 is 27.4 Å². The van der Waals surface area contributed by atoms with Gasteiger partial charge >= 0.3 is 0 Å². The molecule has 1 N–H and O–H groups in total. The van der Waals surface area contributed by atoms with Gasteiger partial charge in [-0.2, -0.15) is 0 Å². The van der Waals surface area contributed by atoms with E-state index in [4.69, 9.17) is 5.11 Å². The predicted molar refractivity (Wildman–Crippen MR) is 68.2 cm³/mol. The minimum Gasteiger partial charge on any atom is -0.395 e. The summed E-state index contributed by atoms with van der Waals surface area (Å²) in [6.07, 6.45) is 2.13. The predicted octanol–water partition coefficient (Wildman–Crippen LogP) is 1.96. The summed E-state index contributed by atoms with van der Waals surface area (Å²) in [6, 6.07) is 1.42. The number of nitrogens with zero attached hydrogens (tertiary/aromatic N) is 3. The smallest absolute Gasteiger partial charge is 0.288 e. The second kappa shape index (κ2) is 6.51. The zero-order valence-electron chi connectivity index (χ0n) is 9.47. The van der Waals surface area contributed by atoms with E-state index in [2.05, 4.69) is 20.9 Å². The number of hydrogen-bond acceptors (Lipinski definition) is 5. The van der Waals surface area contributed by atoms with Gasteiger partial charge in [-0.3, -0.25) is 10.1 Å². The van der Waals surface area contributed by atoms with Crippen molar-refractivity contribution in [2.24, 2.45) is 0 Å². The number of aliphatic hydroxyl groups excluding tert-OH is 1. The van der Waals surface area contributed by atoms with Crippen molar-refractivity contribution in [1.29, 1.82) is 0 Å². The number of aliphatic hydroxyl groups is 1. The first-order chi connectivity index (χ1) is 8.10. The van der Waals surface area contributed by atoms with Crippen LogP contribution in [-0.4, -0.2) is 34.7 Å². The van der Waals surface area contributed by atoms with Crippen LogP contribution in [-0.2, 0) is 0 Å². The van der Waals surface area contributed by atoms with Crippen molar-refractivity contribution in [3.05, 3.63) is 26.9 Å². The lowest BCUT2D eigenvalue weighted by atomic mass is 10.3. The molecule has 6 nitrogen and oxygen atoms in total. The highest BCUT2D eigenvalue weighted by Crippen LogP contribution is 2.27. The van der Waals surface area contributed by atoms with E-state index in [-0.39, 0.29) is 12.3 Å². The third-order valence-electron chi connectivity index (χ3n) is 2.18. The van der Waals surface area contributed by atoms with Crippen LogP contribution in [0.4, 0.5) is 11.5 Å². The fourth-order valence-corrected chi connectivity index (χ4v) is 2.06. The molecule has 1 aromatic rings. The molecule has 0 aliphatic heterocycles. The van der Waals surface area contributed by atoms with Gasteiger partial charge in [0, 0.05) is 19.2 Å². The molecule has 0 aliphatic carbocycles. The molecule has 0 atom stereocenters. The second-order valence-corrected chi connectivity index (χ2v) is 4.32. The fourth-order valence-electron chi connectivity index (χ4n) is 1.47. The van der Waals surface area contributed by atoms with Crippen LogP contribution < -0.4 is 4.90 Å². The van der Waals surface area contributed by atoms with Crippen LogP contribution in [0.3, 0.4) is 0 Å². The van der Waals surface area contributed by atoms with Gasteiger partial charge in [-0.05, 0) is 22.4 Å². The van der Waals surface area contributed by atoms with E-state index in [1.165, 1.54) is 12.3 Å². The average molecular weight is 304 g/mol. The Hall–Kier alpha value is -1.21. The minimum atomic E-state index is -0.488. The van der Waals surface area contributed by atoms with E-state index in [1.807, 2.05) is 11.8 Å². The maximum Gasteiger partial charge on any atom is 0.288 e. The molecule has 17 heavy (non-hydrogen) atoms. The Morgan fingerprint density at radius 1 is 1.59 bits per heavy atom. The Morgan fingerprint density at radius 3 is 2.76 bits per heavy atom. The maximum atomic E-state index is 10.6. The number of pyridine rings is 1. The minimum absolute atomic E-state index is 0.0190. The van der Waals surface area contributed by atoms with Crippen molar-refractivity contribution in [2.75, 3.05) is 24.6 Å². The van der Waals surface area contributed by atoms with E-state index in [9.17, 15) is 10.1 Å². The van der Waals surface area contributed by atoms with Crippen LogP contribution >= 0.6 is 15.9 Å². The summed E-state index contributed by atoms with van der Waals surface area (Å²) in [5, 5.41) is 19.5. The zero-order chi connectivity index (χ0) is 12.8. The first-order valence-electron chi connectivity index (χ1n) is 5.25. The molecule has 1 rings (SSSR count). The maximum absolute atomic E-state index is 10.6. The van der Waals surface area contributed by atoms with Gasteiger partial charge in [-0.1, -0.05) is 6.92 Å². The molecular formula is C10H14BrN3O3. The molecule has 0 radical (unpaired) electrons. The summed E-state index contributed by atoms with van der Waals surface area (Å²) in [5.41, 5.74) is -0.0546. The quantitative estimate of drug-likeness (QED) is 0.642. The molecule has 0 spiro atoms. The largest absolute Gasteiger partial charge is 0.395 e. The van der Waals surface area contributed by atoms with Gasteiger partial charge in [0.15, 0.2) is 0 Å². The lowest BCUT2D eigenvalue weighted by molar-refractivity contribution is -0.385. The summed E-state index contributed by atoms with van der Waals surface area (Å²) in [6.45, 7) is 3.23.